The van der Waals surface area contributed by atoms with Crippen LogP contribution in [0.15, 0.2) is 23.4 Å². The molecule has 1 aromatic carbocycles. The first-order chi connectivity index (χ1) is 7.38. The maximum absolute atomic E-state index is 10.8. The molecule has 8 heteroatoms. The highest BCUT2D eigenvalue weighted by atomic mass is 32.2. The first-order valence-corrected chi connectivity index (χ1v) is 5.52. The van der Waals surface area contributed by atoms with E-state index in [2.05, 4.69) is 9.97 Å². The van der Waals surface area contributed by atoms with Crippen LogP contribution in [0, 0.1) is 0 Å². The molecule has 0 aliphatic rings. The Morgan fingerprint density at radius 3 is 2.62 bits per heavy atom. The van der Waals surface area contributed by atoms with E-state index in [1.807, 2.05) is 0 Å². The Hall–Kier alpha value is -1.93. The normalized spacial score (nSPS) is 11.8. The lowest BCUT2D eigenvalue weighted by Crippen LogP contribution is -1.99. The molecule has 0 aliphatic carbocycles. The van der Waals surface area contributed by atoms with Crippen molar-refractivity contribution in [1.82, 2.24) is 9.97 Å². The monoisotopic (exact) mass is 242 g/mol. The van der Waals surface area contributed by atoms with Gasteiger partial charge in [-0.3, -0.25) is 4.55 Å². The van der Waals surface area contributed by atoms with Gasteiger partial charge in [-0.25, -0.2) is 9.78 Å². The zero-order chi connectivity index (χ0) is 11.9. The molecule has 0 spiro atoms. The van der Waals surface area contributed by atoms with Crippen LogP contribution in [0.2, 0.25) is 0 Å². The molecule has 2 rings (SSSR count). The van der Waals surface area contributed by atoms with E-state index >= 15 is 0 Å². The van der Waals surface area contributed by atoms with Crippen LogP contribution in [0.5, 0.6) is 0 Å². The van der Waals surface area contributed by atoms with Crippen LogP contribution in [0.1, 0.15) is 10.4 Å². The van der Waals surface area contributed by atoms with Gasteiger partial charge in [0, 0.05) is 0 Å². The molecule has 0 atom stereocenters. The van der Waals surface area contributed by atoms with Crippen LogP contribution < -0.4 is 0 Å². The number of nitrogens with one attached hydrogen (secondary N) is 1. The molecule has 16 heavy (non-hydrogen) atoms. The van der Waals surface area contributed by atoms with E-state index in [0.29, 0.717) is 0 Å². The van der Waals surface area contributed by atoms with Crippen LogP contribution in [0.25, 0.3) is 11.0 Å². The molecule has 3 N–H and O–H groups in total. The first kappa shape index (κ1) is 10.6. The Bertz CT molecular complexity index is 673. The lowest BCUT2D eigenvalue weighted by Gasteiger charge is -1.92. The smallest absolute Gasteiger partial charge is 0.335 e. The summed E-state index contributed by atoms with van der Waals surface area (Å²) >= 11 is 0. The molecule has 84 valence electrons. The number of imidazole rings is 1. The minimum Gasteiger partial charge on any atom is -0.478 e. The minimum absolute atomic E-state index is 0.00182. The van der Waals surface area contributed by atoms with Gasteiger partial charge in [0.05, 0.1) is 16.6 Å². The molecule has 0 radical (unpaired) electrons. The molecule has 0 bridgehead atoms. The zero-order valence-electron chi connectivity index (χ0n) is 7.71. The van der Waals surface area contributed by atoms with Gasteiger partial charge in [-0.05, 0) is 18.2 Å². The van der Waals surface area contributed by atoms with Crippen molar-refractivity contribution in [2.24, 2.45) is 0 Å². The van der Waals surface area contributed by atoms with Gasteiger partial charge >= 0.3 is 16.1 Å². The highest BCUT2D eigenvalue weighted by Crippen LogP contribution is 2.16. The van der Waals surface area contributed by atoms with Crippen LogP contribution in [0.3, 0.4) is 0 Å². The van der Waals surface area contributed by atoms with Gasteiger partial charge < -0.3 is 10.1 Å². The number of carboxylic acids is 1. The fourth-order valence-electron chi connectivity index (χ4n) is 1.24. The number of aromatic nitrogens is 2. The van der Waals surface area contributed by atoms with Gasteiger partial charge in [0.25, 0.3) is 5.16 Å². The van der Waals surface area contributed by atoms with E-state index in [-0.39, 0.29) is 16.6 Å². The fraction of sp³-hybridized carbons (Fsp3) is 0. The van der Waals surface area contributed by atoms with E-state index < -0.39 is 21.2 Å². The quantitative estimate of drug-likeness (QED) is 0.660. The summed E-state index contributed by atoms with van der Waals surface area (Å²) in [5.41, 5.74) is 0.489. The van der Waals surface area contributed by atoms with Crippen LogP contribution in [-0.2, 0) is 10.1 Å². The van der Waals surface area contributed by atoms with Crippen molar-refractivity contribution in [2.45, 2.75) is 5.16 Å². The molecular weight excluding hydrogens is 236 g/mol. The number of hydrogen-bond acceptors (Lipinski definition) is 4. The van der Waals surface area contributed by atoms with Crippen LogP contribution >= 0.6 is 0 Å². The second-order valence-corrected chi connectivity index (χ2v) is 4.39. The number of carboxylic acid groups (broad SMARTS) is 1. The minimum atomic E-state index is -4.41. The lowest BCUT2D eigenvalue weighted by molar-refractivity contribution is 0.0697. The molecule has 0 saturated carbocycles. The van der Waals surface area contributed by atoms with E-state index in [4.69, 9.17) is 9.66 Å². The largest absolute Gasteiger partial charge is 0.478 e. The fourth-order valence-corrected chi connectivity index (χ4v) is 1.69. The summed E-state index contributed by atoms with van der Waals surface area (Å²) in [6, 6.07) is 3.88. The summed E-state index contributed by atoms with van der Waals surface area (Å²) in [5.74, 6) is -1.13. The number of H-pyrrole nitrogens is 1. The molecule has 2 aromatic rings. The maximum Gasteiger partial charge on any atom is 0.335 e. The van der Waals surface area contributed by atoms with E-state index in [1.165, 1.54) is 18.2 Å². The van der Waals surface area contributed by atoms with E-state index in [1.54, 1.807) is 0 Å². The number of fused-ring (bicyclic) bond motifs is 1. The number of hydrogen-bond donors (Lipinski definition) is 3. The number of carbonyl (C=O) groups is 1. The summed E-state index contributed by atoms with van der Waals surface area (Å²) in [6.07, 6.45) is 0. The van der Waals surface area contributed by atoms with Crippen molar-refractivity contribution >= 4 is 27.1 Å². The summed E-state index contributed by atoms with van der Waals surface area (Å²) in [6.45, 7) is 0. The number of aromatic amines is 1. The third-order valence-corrected chi connectivity index (χ3v) is 2.63. The zero-order valence-corrected chi connectivity index (χ0v) is 8.52. The van der Waals surface area contributed by atoms with Gasteiger partial charge in [0.15, 0.2) is 0 Å². The Morgan fingerprint density at radius 1 is 1.38 bits per heavy atom. The van der Waals surface area contributed by atoms with Crippen molar-refractivity contribution in [3.05, 3.63) is 23.8 Å². The molecule has 0 saturated heterocycles. The van der Waals surface area contributed by atoms with E-state index in [9.17, 15) is 13.2 Å². The molecular formula is C8H6N2O5S. The molecule has 1 aromatic heterocycles. The maximum atomic E-state index is 10.8. The molecule has 0 amide bonds. The number of rotatable bonds is 2. The second kappa shape index (κ2) is 3.29. The van der Waals surface area contributed by atoms with Crippen molar-refractivity contribution in [3.8, 4) is 0 Å². The van der Waals surface area contributed by atoms with Gasteiger partial charge in [-0.1, -0.05) is 0 Å². The third kappa shape index (κ3) is 1.75. The average molecular weight is 242 g/mol. The topological polar surface area (TPSA) is 120 Å². The SMILES string of the molecule is O=C(O)c1ccc2nc(S(=O)(=O)O)[nH]c2c1. The summed E-state index contributed by atoms with van der Waals surface area (Å²) in [4.78, 5) is 16.6. The first-order valence-electron chi connectivity index (χ1n) is 4.08. The predicted molar refractivity (Wildman–Crippen MR) is 52.9 cm³/mol. The Balaban J connectivity index is 2.68. The van der Waals surface area contributed by atoms with Crippen molar-refractivity contribution in [1.29, 1.82) is 0 Å². The van der Waals surface area contributed by atoms with Crippen molar-refractivity contribution < 1.29 is 22.9 Å². The third-order valence-electron chi connectivity index (χ3n) is 1.95. The Labute approximate surface area is 89.5 Å². The summed E-state index contributed by atoms with van der Waals surface area (Å²) in [5, 5.41) is 8.10. The van der Waals surface area contributed by atoms with Gasteiger partial charge in [0.1, 0.15) is 0 Å². The number of aromatic carboxylic acids is 1. The van der Waals surface area contributed by atoms with Crippen LogP contribution in [0.4, 0.5) is 0 Å². The van der Waals surface area contributed by atoms with Crippen molar-refractivity contribution in [2.75, 3.05) is 0 Å². The molecule has 0 aliphatic heterocycles. The van der Waals surface area contributed by atoms with E-state index in [0.717, 1.165) is 0 Å². The predicted octanol–water partition coefficient (Wildman–Crippen LogP) is 0.508. The Morgan fingerprint density at radius 2 is 2.06 bits per heavy atom. The lowest BCUT2D eigenvalue weighted by atomic mass is 10.2. The summed E-state index contributed by atoms with van der Waals surface area (Å²) in [7, 11) is -4.41. The molecule has 0 fully saturated rings. The van der Waals surface area contributed by atoms with Gasteiger partial charge in [-0.15, -0.1) is 0 Å². The number of benzene rings is 1. The van der Waals surface area contributed by atoms with Gasteiger partial charge in [0.2, 0.25) is 0 Å². The average Bonchev–Trinajstić information content (AvgIpc) is 2.58. The van der Waals surface area contributed by atoms with Crippen molar-refractivity contribution in [3.63, 3.8) is 0 Å². The Kier molecular flexibility index (Phi) is 2.17. The van der Waals surface area contributed by atoms with Crippen LogP contribution in [-0.4, -0.2) is 34.0 Å². The standard InChI is InChI=1S/C8H6N2O5S/c11-7(12)4-1-2-5-6(3-4)10-8(9-5)16(13,14)15/h1-3H,(H,9,10)(H,11,12)(H,13,14,15). The molecule has 1 heterocycles. The molecule has 0 unspecified atom stereocenters. The molecule has 7 nitrogen and oxygen atoms in total. The highest BCUT2D eigenvalue weighted by molar-refractivity contribution is 7.85. The number of nitrogens with zero attached hydrogens (tertiary/aromatic N) is 1. The van der Waals surface area contributed by atoms with Gasteiger partial charge in [-0.2, -0.15) is 8.42 Å². The highest BCUT2D eigenvalue weighted by Gasteiger charge is 2.15. The summed E-state index contributed by atoms with van der Waals surface area (Å²) < 4.78 is 30.3. The second-order valence-electron chi connectivity index (χ2n) is 3.05.